The number of nitrogen functional groups attached to an aromatic ring is 1. The fourth-order valence-electron chi connectivity index (χ4n) is 1.75. The molecule has 1 aromatic carbocycles. The van der Waals surface area contributed by atoms with Crippen LogP contribution >= 0.6 is 0 Å². The maximum Gasteiger partial charge on any atom is 0.183 e. The molecule has 0 aliphatic heterocycles. The molecule has 0 saturated heterocycles. The van der Waals surface area contributed by atoms with Crippen LogP contribution in [0, 0.1) is 0 Å². The van der Waals surface area contributed by atoms with Crippen molar-refractivity contribution < 1.29 is 13.2 Å². The molecule has 0 aliphatic carbocycles. The Morgan fingerprint density at radius 1 is 1.44 bits per heavy atom. The third kappa shape index (κ3) is 3.22. The highest BCUT2D eigenvalue weighted by Crippen LogP contribution is 2.23. The predicted molar refractivity (Wildman–Crippen MR) is 72.1 cm³/mol. The highest BCUT2D eigenvalue weighted by molar-refractivity contribution is 7.92. The molecule has 0 aliphatic rings. The van der Waals surface area contributed by atoms with Crippen LogP contribution in [0.25, 0.3) is 0 Å². The molecule has 6 heteroatoms. The zero-order valence-electron chi connectivity index (χ0n) is 10.9. The number of benzene rings is 1. The fraction of sp³-hybridized carbons (Fsp3) is 0.500. The van der Waals surface area contributed by atoms with E-state index in [1.54, 1.807) is 32.2 Å². The second-order valence-corrected chi connectivity index (χ2v) is 6.54. The fourth-order valence-corrected chi connectivity index (χ4v) is 3.25. The Morgan fingerprint density at radius 2 is 2.11 bits per heavy atom. The molecular formula is C12H20N2O3S. The van der Waals surface area contributed by atoms with Gasteiger partial charge in [0.15, 0.2) is 9.84 Å². The molecule has 1 atom stereocenters. The lowest BCUT2D eigenvalue weighted by molar-refractivity contribution is 0.200. The molecule has 1 rings (SSSR count). The number of anilines is 1. The molecule has 0 heterocycles. The Morgan fingerprint density at radius 3 is 2.67 bits per heavy atom. The van der Waals surface area contributed by atoms with E-state index in [1.807, 2.05) is 0 Å². The van der Waals surface area contributed by atoms with Crippen LogP contribution in [0.2, 0.25) is 0 Å². The molecular weight excluding hydrogens is 252 g/mol. The van der Waals surface area contributed by atoms with Crippen molar-refractivity contribution in [3.63, 3.8) is 0 Å². The van der Waals surface area contributed by atoms with Gasteiger partial charge in [-0.05, 0) is 37.7 Å². The smallest absolute Gasteiger partial charge is 0.183 e. The minimum Gasteiger partial charge on any atom is -0.399 e. The number of hydrogen-bond acceptors (Lipinski definition) is 5. The van der Waals surface area contributed by atoms with Crippen LogP contribution < -0.4 is 11.1 Å². The minimum atomic E-state index is -3.39. The van der Waals surface area contributed by atoms with E-state index >= 15 is 0 Å². The maximum atomic E-state index is 12.4. The number of sulfone groups is 1. The van der Waals surface area contributed by atoms with E-state index in [4.69, 9.17) is 10.5 Å². The van der Waals surface area contributed by atoms with E-state index in [9.17, 15) is 8.42 Å². The van der Waals surface area contributed by atoms with Crippen LogP contribution in [-0.2, 0) is 21.1 Å². The van der Waals surface area contributed by atoms with Gasteiger partial charge >= 0.3 is 0 Å². The van der Waals surface area contributed by atoms with Gasteiger partial charge in [0.05, 0.1) is 16.8 Å². The van der Waals surface area contributed by atoms with Crippen molar-refractivity contribution in [2.45, 2.75) is 23.6 Å². The molecule has 0 amide bonds. The zero-order chi connectivity index (χ0) is 13.8. The Kier molecular flexibility index (Phi) is 5.13. The third-order valence-corrected chi connectivity index (χ3v) is 4.90. The van der Waals surface area contributed by atoms with Crippen molar-refractivity contribution in [1.82, 2.24) is 5.32 Å². The first-order chi connectivity index (χ1) is 8.43. The van der Waals surface area contributed by atoms with Crippen molar-refractivity contribution in [1.29, 1.82) is 0 Å². The third-order valence-electron chi connectivity index (χ3n) is 2.69. The average molecular weight is 272 g/mol. The summed E-state index contributed by atoms with van der Waals surface area (Å²) in [4.78, 5) is 0.315. The topological polar surface area (TPSA) is 81.4 Å². The molecule has 5 nitrogen and oxygen atoms in total. The van der Waals surface area contributed by atoms with Crippen molar-refractivity contribution in [2.24, 2.45) is 0 Å². The molecule has 1 unspecified atom stereocenters. The summed E-state index contributed by atoms with van der Waals surface area (Å²) in [5.74, 6) is 0. The van der Waals surface area contributed by atoms with Crippen LogP contribution in [0.5, 0.6) is 0 Å². The van der Waals surface area contributed by atoms with Crippen molar-refractivity contribution >= 4 is 15.5 Å². The van der Waals surface area contributed by atoms with Crippen LogP contribution in [0.1, 0.15) is 12.5 Å². The lowest BCUT2D eigenvalue weighted by Crippen LogP contribution is -2.24. The van der Waals surface area contributed by atoms with Crippen LogP contribution in [0.15, 0.2) is 23.1 Å². The second kappa shape index (κ2) is 6.17. The Bertz CT molecular complexity index is 500. The van der Waals surface area contributed by atoms with Crippen LogP contribution in [0.3, 0.4) is 0 Å². The summed E-state index contributed by atoms with van der Waals surface area (Å²) in [6, 6.07) is 4.85. The zero-order valence-corrected chi connectivity index (χ0v) is 11.8. The number of ether oxygens (including phenoxy) is 1. The predicted octanol–water partition coefficient (Wildman–Crippen LogP) is 0.797. The summed E-state index contributed by atoms with van der Waals surface area (Å²) in [5, 5.41) is 2.36. The summed E-state index contributed by atoms with van der Waals surface area (Å²) in [5.41, 5.74) is 6.92. The molecule has 102 valence electrons. The van der Waals surface area contributed by atoms with Crippen molar-refractivity contribution in [2.75, 3.05) is 26.5 Å². The molecule has 0 saturated carbocycles. The van der Waals surface area contributed by atoms with E-state index in [-0.39, 0.29) is 6.61 Å². The van der Waals surface area contributed by atoms with Gasteiger partial charge in [0.25, 0.3) is 0 Å². The van der Waals surface area contributed by atoms with Crippen LogP contribution in [0.4, 0.5) is 5.69 Å². The van der Waals surface area contributed by atoms with Gasteiger partial charge in [-0.25, -0.2) is 8.42 Å². The quantitative estimate of drug-likeness (QED) is 0.749. The summed E-state index contributed by atoms with van der Waals surface area (Å²) >= 11 is 0. The van der Waals surface area contributed by atoms with Gasteiger partial charge in [0.2, 0.25) is 0 Å². The largest absolute Gasteiger partial charge is 0.399 e. The first-order valence-corrected chi connectivity index (χ1v) is 7.24. The lowest BCUT2D eigenvalue weighted by atomic mass is 10.2. The number of nitrogens with one attached hydrogen (secondary N) is 1. The molecule has 3 N–H and O–H groups in total. The van der Waals surface area contributed by atoms with Gasteiger partial charge in [0.1, 0.15) is 0 Å². The number of nitrogens with two attached hydrogens (primary N) is 1. The van der Waals surface area contributed by atoms with E-state index < -0.39 is 15.1 Å². The first-order valence-electron chi connectivity index (χ1n) is 5.69. The summed E-state index contributed by atoms with van der Waals surface area (Å²) in [6.07, 6.45) is 0. The molecule has 0 radical (unpaired) electrons. The average Bonchev–Trinajstić information content (AvgIpc) is 2.29. The Labute approximate surface area is 108 Å². The molecule has 0 aromatic heterocycles. The summed E-state index contributed by atoms with van der Waals surface area (Å²) in [6.45, 7) is 2.27. The lowest BCUT2D eigenvalue weighted by Gasteiger charge is -2.15. The minimum absolute atomic E-state index is 0.172. The van der Waals surface area contributed by atoms with Gasteiger partial charge in [-0.2, -0.15) is 0 Å². The Hall–Kier alpha value is -1.11. The normalized spacial score (nSPS) is 13.5. The second-order valence-electron chi connectivity index (χ2n) is 4.21. The van der Waals surface area contributed by atoms with Gasteiger partial charge < -0.3 is 15.8 Å². The van der Waals surface area contributed by atoms with Crippen molar-refractivity contribution in [3.8, 4) is 0 Å². The number of rotatable bonds is 6. The van der Waals surface area contributed by atoms with E-state index in [2.05, 4.69) is 5.32 Å². The monoisotopic (exact) mass is 272 g/mol. The number of hydrogen-bond donors (Lipinski definition) is 2. The summed E-state index contributed by atoms with van der Waals surface area (Å²) in [7, 11) is -0.140. The van der Waals surface area contributed by atoms with Gasteiger partial charge in [-0.1, -0.05) is 0 Å². The SMILES string of the molecule is CNCc1cc(N)ccc1S(=O)(=O)C(C)COC. The highest BCUT2D eigenvalue weighted by Gasteiger charge is 2.25. The van der Waals surface area contributed by atoms with Crippen LogP contribution in [-0.4, -0.2) is 34.4 Å². The van der Waals surface area contributed by atoms with E-state index in [0.717, 1.165) is 0 Å². The standard InChI is InChI=1S/C12H20N2O3S/c1-9(8-17-3)18(15,16)12-5-4-11(13)6-10(12)7-14-2/h4-6,9,14H,7-8,13H2,1-3H3. The van der Waals surface area contributed by atoms with Gasteiger partial charge in [-0.15, -0.1) is 0 Å². The van der Waals surface area contributed by atoms with Gasteiger partial charge in [0, 0.05) is 19.3 Å². The highest BCUT2D eigenvalue weighted by atomic mass is 32.2. The molecule has 0 fully saturated rings. The summed E-state index contributed by atoms with van der Waals surface area (Å²) < 4.78 is 29.7. The molecule has 18 heavy (non-hydrogen) atoms. The number of methoxy groups -OCH3 is 1. The van der Waals surface area contributed by atoms with Gasteiger partial charge in [-0.3, -0.25) is 0 Å². The van der Waals surface area contributed by atoms with Crippen molar-refractivity contribution in [3.05, 3.63) is 23.8 Å². The molecule has 0 spiro atoms. The first kappa shape index (κ1) is 14.9. The van der Waals surface area contributed by atoms with E-state index in [0.29, 0.717) is 22.7 Å². The van der Waals surface area contributed by atoms with E-state index in [1.165, 1.54) is 7.11 Å². The maximum absolute atomic E-state index is 12.4. The molecule has 0 bridgehead atoms. The molecule has 1 aromatic rings. The Balaban J connectivity index is 3.23.